The van der Waals surface area contributed by atoms with Crippen molar-refractivity contribution in [1.29, 1.82) is 0 Å². The molecule has 1 aromatic heterocycles. The highest BCUT2D eigenvalue weighted by molar-refractivity contribution is 5.70. The van der Waals surface area contributed by atoms with Crippen LogP contribution in [-0.4, -0.2) is 12.0 Å². The lowest BCUT2D eigenvalue weighted by Crippen LogP contribution is -2.11. The van der Waals surface area contributed by atoms with Crippen LogP contribution >= 0.6 is 0 Å². The molecule has 164 valence electrons. The van der Waals surface area contributed by atoms with Crippen LogP contribution in [0.15, 0.2) is 73.0 Å². The first-order valence-electron chi connectivity index (χ1n) is 11.1. The zero-order valence-corrected chi connectivity index (χ0v) is 18.6. The number of hydrogen-bond donors (Lipinski definition) is 1. The summed E-state index contributed by atoms with van der Waals surface area (Å²) in [6, 6.07) is 15.0. The Morgan fingerprint density at radius 1 is 1.06 bits per heavy atom. The molecule has 1 aliphatic rings. The van der Waals surface area contributed by atoms with E-state index in [1.54, 1.807) is 19.2 Å². The van der Waals surface area contributed by atoms with E-state index in [2.05, 4.69) is 41.1 Å². The van der Waals surface area contributed by atoms with Crippen LogP contribution in [0.1, 0.15) is 54.0 Å². The lowest BCUT2D eigenvalue weighted by atomic mass is 9.86. The van der Waals surface area contributed by atoms with Crippen molar-refractivity contribution in [2.24, 2.45) is 0 Å². The first kappa shape index (κ1) is 21.9. The van der Waals surface area contributed by atoms with Crippen molar-refractivity contribution in [2.45, 2.75) is 38.5 Å². The molecule has 0 radical (unpaired) electrons. The number of nitrogens with zero attached hydrogens (tertiary/aromatic N) is 1. The van der Waals surface area contributed by atoms with Gasteiger partial charge < -0.3 is 5.32 Å². The van der Waals surface area contributed by atoms with Crippen molar-refractivity contribution in [3.05, 3.63) is 107 Å². The van der Waals surface area contributed by atoms with Gasteiger partial charge in [-0.3, -0.25) is 4.98 Å². The summed E-state index contributed by atoms with van der Waals surface area (Å²) in [5.41, 5.74) is 6.43. The molecule has 4 heteroatoms. The van der Waals surface area contributed by atoms with Crippen molar-refractivity contribution in [3.8, 4) is 11.1 Å². The van der Waals surface area contributed by atoms with E-state index >= 15 is 0 Å². The summed E-state index contributed by atoms with van der Waals surface area (Å²) in [6.07, 6.45) is 7.57. The number of benzene rings is 2. The minimum atomic E-state index is -0.571. The van der Waals surface area contributed by atoms with Crippen molar-refractivity contribution < 1.29 is 8.78 Å². The Morgan fingerprint density at radius 2 is 1.91 bits per heavy atom. The van der Waals surface area contributed by atoms with Gasteiger partial charge in [-0.1, -0.05) is 49.4 Å². The van der Waals surface area contributed by atoms with Gasteiger partial charge in [0.25, 0.3) is 0 Å². The van der Waals surface area contributed by atoms with Crippen LogP contribution in [0.3, 0.4) is 0 Å². The zero-order valence-electron chi connectivity index (χ0n) is 18.6. The Balaban J connectivity index is 1.74. The summed E-state index contributed by atoms with van der Waals surface area (Å²) in [4.78, 5) is 4.66. The summed E-state index contributed by atoms with van der Waals surface area (Å²) >= 11 is 0. The predicted molar refractivity (Wildman–Crippen MR) is 127 cm³/mol. The van der Waals surface area contributed by atoms with Gasteiger partial charge in [-0.05, 0) is 66.6 Å². The number of hydrogen-bond acceptors (Lipinski definition) is 2. The van der Waals surface area contributed by atoms with Crippen molar-refractivity contribution in [2.75, 3.05) is 7.05 Å². The van der Waals surface area contributed by atoms with Crippen LogP contribution in [-0.2, 0) is 0 Å². The Morgan fingerprint density at radius 3 is 2.62 bits per heavy atom. The summed E-state index contributed by atoms with van der Waals surface area (Å²) < 4.78 is 28.9. The third kappa shape index (κ3) is 4.22. The van der Waals surface area contributed by atoms with Crippen LogP contribution in [0.5, 0.6) is 0 Å². The first-order valence-corrected chi connectivity index (χ1v) is 11.1. The number of halogens is 2. The average molecular weight is 431 g/mol. The molecule has 0 spiro atoms. The highest BCUT2D eigenvalue weighted by Crippen LogP contribution is 2.35. The maximum atomic E-state index is 14.6. The average Bonchev–Trinajstić information content (AvgIpc) is 2.81. The van der Waals surface area contributed by atoms with Gasteiger partial charge in [0.15, 0.2) is 0 Å². The third-order valence-corrected chi connectivity index (χ3v) is 6.30. The molecule has 0 saturated carbocycles. The fourth-order valence-electron chi connectivity index (χ4n) is 4.56. The predicted octanol–water partition coefficient (Wildman–Crippen LogP) is 7.16. The third-order valence-electron chi connectivity index (χ3n) is 6.30. The van der Waals surface area contributed by atoms with Crippen LogP contribution in [0.4, 0.5) is 8.78 Å². The van der Waals surface area contributed by atoms with E-state index < -0.39 is 11.6 Å². The number of nitrogens with one attached hydrogen (secondary N) is 1. The molecule has 0 amide bonds. The molecular formula is C28H28F2N2. The van der Waals surface area contributed by atoms with Crippen molar-refractivity contribution >= 4 is 5.70 Å². The van der Waals surface area contributed by atoms with Gasteiger partial charge in [0.05, 0.1) is 5.56 Å². The van der Waals surface area contributed by atoms with Gasteiger partial charge in [0, 0.05) is 36.1 Å². The van der Waals surface area contributed by atoms with E-state index in [4.69, 9.17) is 0 Å². The molecule has 32 heavy (non-hydrogen) atoms. The highest BCUT2D eigenvalue weighted by atomic mass is 19.1. The number of aromatic nitrogens is 1. The van der Waals surface area contributed by atoms with Crippen LogP contribution in [0.2, 0.25) is 0 Å². The zero-order chi connectivity index (χ0) is 22.7. The van der Waals surface area contributed by atoms with Gasteiger partial charge >= 0.3 is 0 Å². The molecule has 1 aliphatic carbocycles. The van der Waals surface area contributed by atoms with Gasteiger partial charge in [0.2, 0.25) is 0 Å². The second-order valence-corrected chi connectivity index (χ2v) is 8.30. The summed E-state index contributed by atoms with van der Waals surface area (Å²) in [5.74, 6) is -0.978. The molecule has 1 atom stereocenters. The van der Waals surface area contributed by atoms with Gasteiger partial charge in [-0.15, -0.1) is 0 Å². The molecule has 2 bridgehead atoms. The van der Waals surface area contributed by atoms with E-state index in [9.17, 15) is 8.78 Å². The molecule has 0 fully saturated rings. The quantitative estimate of drug-likeness (QED) is 0.475. The van der Waals surface area contributed by atoms with Gasteiger partial charge in [-0.25, -0.2) is 8.78 Å². The maximum Gasteiger partial charge on any atom is 0.136 e. The Kier molecular flexibility index (Phi) is 6.50. The SMILES string of the molecule is C=C/C1=C(\NC)c2cccc(c2)C(c2ccc(-c3c(F)ccc(C)c3F)cn2)CCCC1. The highest BCUT2D eigenvalue weighted by Gasteiger charge is 2.20. The largest absolute Gasteiger partial charge is 0.387 e. The monoisotopic (exact) mass is 430 g/mol. The number of rotatable bonds is 4. The van der Waals surface area contributed by atoms with Gasteiger partial charge in [-0.2, -0.15) is 0 Å². The number of allylic oxidation sites excluding steroid dienone is 2. The minimum absolute atomic E-state index is 0.0160. The van der Waals surface area contributed by atoms with Gasteiger partial charge in [0.1, 0.15) is 11.6 Å². The fraction of sp³-hybridized carbons (Fsp3) is 0.250. The smallest absolute Gasteiger partial charge is 0.136 e. The molecule has 4 rings (SSSR count). The molecule has 0 aliphatic heterocycles. The molecule has 2 nitrogen and oxygen atoms in total. The Labute approximate surface area is 188 Å². The summed E-state index contributed by atoms with van der Waals surface area (Å²) in [6.45, 7) is 5.64. The standard InChI is InChI=1S/C28H28F2N2/c1-4-19-8-5-6-11-23(20-9-7-10-21(16-20)28(19)31-3)25-15-13-22(17-32-25)26-24(29)14-12-18(2)27(26)30/h4,7,9-10,12-17,23,31H,1,5-6,8,11H2,2-3H3/b28-19+. The number of pyridine rings is 1. The number of aryl methyl sites for hydroxylation is 1. The molecule has 1 N–H and O–H groups in total. The molecular weight excluding hydrogens is 402 g/mol. The Hall–Kier alpha value is -3.27. The lowest BCUT2D eigenvalue weighted by Gasteiger charge is -2.22. The summed E-state index contributed by atoms with van der Waals surface area (Å²) in [7, 11) is 1.94. The van der Waals surface area contributed by atoms with E-state index in [1.807, 2.05) is 19.2 Å². The second kappa shape index (κ2) is 9.47. The molecule has 3 aromatic rings. The van der Waals surface area contributed by atoms with Crippen LogP contribution in [0.25, 0.3) is 16.8 Å². The fourth-order valence-corrected chi connectivity index (χ4v) is 4.56. The van der Waals surface area contributed by atoms with Crippen LogP contribution < -0.4 is 5.32 Å². The topological polar surface area (TPSA) is 24.9 Å². The van der Waals surface area contributed by atoms with E-state index in [1.165, 1.54) is 23.3 Å². The van der Waals surface area contributed by atoms with Crippen molar-refractivity contribution in [1.82, 2.24) is 10.3 Å². The normalized spacial score (nSPS) is 18.8. The van der Waals surface area contributed by atoms with Crippen LogP contribution in [0, 0.1) is 18.6 Å². The molecule has 0 saturated heterocycles. The summed E-state index contributed by atoms with van der Waals surface area (Å²) in [5, 5.41) is 3.35. The molecule has 1 unspecified atom stereocenters. The second-order valence-electron chi connectivity index (χ2n) is 8.30. The van der Waals surface area contributed by atoms with E-state index in [0.717, 1.165) is 42.6 Å². The van der Waals surface area contributed by atoms with E-state index in [0.29, 0.717) is 11.1 Å². The number of fused-ring (bicyclic) bond motifs is 2. The van der Waals surface area contributed by atoms with E-state index in [-0.39, 0.29) is 11.5 Å². The molecule has 1 heterocycles. The maximum absolute atomic E-state index is 14.6. The minimum Gasteiger partial charge on any atom is -0.387 e. The molecule has 2 aromatic carbocycles. The van der Waals surface area contributed by atoms with Crippen molar-refractivity contribution in [3.63, 3.8) is 0 Å². The lowest BCUT2D eigenvalue weighted by molar-refractivity contribution is 0.583. The first-order chi connectivity index (χ1) is 15.5. The Bertz CT molecular complexity index is 1160.